The van der Waals surface area contributed by atoms with Gasteiger partial charge < -0.3 is 20.5 Å². The molecule has 0 heterocycles. The van der Waals surface area contributed by atoms with Gasteiger partial charge in [0.25, 0.3) is 0 Å². The molecule has 2 amide bonds. The number of rotatable bonds is 10. The molecule has 0 saturated heterocycles. The molecule has 1 aliphatic carbocycles. The molecule has 7 nitrogen and oxygen atoms in total. The molecule has 2 aromatic carbocycles. The molecule has 3 N–H and O–H groups in total. The molecular weight excluding hydrogens is 408 g/mol. The molecule has 0 radical (unpaired) electrons. The Morgan fingerprint density at radius 3 is 2.16 bits per heavy atom. The van der Waals surface area contributed by atoms with E-state index in [1.165, 1.54) is 0 Å². The Bertz CT molecular complexity index is 929. The topological polar surface area (TPSA) is 105 Å². The van der Waals surface area contributed by atoms with Gasteiger partial charge in [-0.3, -0.25) is 9.59 Å². The zero-order chi connectivity index (χ0) is 23.1. The van der Waals surface area contributed by atoms with E-state index in [1.807, 2.05) is 31.2 Å². The third kappa shape index (κ3) is 5.87. The molecule has 1 unspecified atom stereocenters. The Kier molecular flexibility index (Phi) is 7.87. The quantitative estimate of drug-likeness (QED) is 0.519. The molecule has 0 saturated carbocycles. The summed E-state index contributed by atoms with van der Waals surface area (Å²) in [4.78, 5) is 35.3. The second-order valence-electron chi connectivity index (χ2n) is 8.18. The highest BCUT2D eigenvalue weighted by atomic mass is 16.5. The van der Waals surface area contributed by atoms with Crippen molar-refractivity contribution < 1.29 is 24.2 Å². The van der Waals surface area contributed by atoms with E-state index in [9.17, 15) is 14.4 Å². The predicted octanol–water partition coefficient (Wildman–Crippen LogP) is 4.06. The average Bonchev–Trinajstić information content (AvgIpc) is 3.08. The van der Waals surface area contributed by atoms with Crippen LogP contribution in [0.15, 0.2) is 48.5 Å². The van der Waals surface area contributed by atoms with Gasteiger partial charge in [-0.15, -0.1) is 0 Å². The number of hydrogen-bond donors (Lipinski definition) is 3. The van der Waals surface area contributed by atoms with Crippen molar-refractivity contribution in [3.63, 3.8) is 0 Å². The summed E-state index contributed by atoms with van der Waals surface area (Å²) < 4.78 is 5.51. The van der Waals surface area contributed by atoms with Gasteiger partial charge in [0.2, 0.25) is 5.91 Å². The standard InChI is InChI=1S/C25H30N2O5/c1-3-17(12-13-24(29)30)27-23(28)14-16(2)26-25(31)32-15-22-20-10-6-4-8-18(20)19-9-5-7-11-21(19)22/h4-11,16-17,22H,3,12-15H2,1-2H3,(H,26,31)(H,27,28)(H,29,30)/t16-,17?/m0/s1. The summed E-state index contributed by atoms with van der Waals surface area (Å²) >= 11 is 0. The van der Waals surface area contributed by atoms with Gasteiger partial charge in [-0.25, -0.2) is 4.79 Å². The Balaban J connectivity index is 1.49. The number of hydrogen-bond acceptors (Lipinski definition) is 4. The third-order valence-corrected chi connectivity index (χ3v) is 5.76. The van der Waals surface area contributed by atoms with Crippen molar-refractivity contribution in [3.05, 3.63) is 59.7 Å². The van der Waals surface area contributed by atoms with Crippen molar-refractivity contribution in [1.82, 2.24) is 10.6 Å². The first kappa shape index (κ1) is 23.3. The molecule has 1 aliphatic rings. The molecular formula is C25H30N2O5. The Morgan fingerprint density at radius 1 is 1.00 bits per heavy atom. The Morgan fingerprint density at radius 2 is 1.59 bits per heavy atom. The number of benzene rings is 2. The summed E-state index contributed by atoms with van der Waals surface area (Å²) in [6, 6.07) is 15.6. The van der Waals surface area contributed by atoms with E-state index < -0.39 is 18.1 Å². The fraction of sp³-hybridized carbons (Fsp3) is 0.400. The first-order chi connectivity index (χ1) is 15.4. The fourth-order valence-corrected chi connectivity index (χ4v) is 4.13. The fourth-order valence-electron chi connectivity index (χ4n) is 4.13. The highest BCUT2D eigenvalue weighted by Crippen LogP contribution is 2.44. The summed E-state index contributed by atoms with van der Waals surface area (Å²) in [5.41, 5.74) is 4.60. The first-order valence-corrected chi connectivity index (χ1v) is 11.0. The van der Waals surface area contributed by atoms with Crippen molar-refractivity contribution in [2.45, 2.75) is 57.5 Å². The van der Waals surface area contributed by atoms with Crippen LogP contribution in [0.25, 0.3) is 11.1 Å². The van der Waals surface area contributed by atoms with E-state index in [-0.39, 0.29) is 37.3 Å². The van der Waals surface area contributed by atoms with Crippen LogP contribution >= 0.6 is 0 Å². The largest absolute Gasteiger partial charge is 0.481 e. The van der Waals surface area contributed by atoms with Gasteiger partial charge in [0.15, 0.2) is 0 Å². The van der Waals surface area contributed by atoms with Crippen molar-refractivity contribution in [2.75, 3.05) is 6.61 Å². The van der Waals surface area contributed by atoms with Gasteiger partial charge in [-0.2, -0.15) is 0 Å². The minimum absolute atomic E-state index is 0.00629. The van der Waals surface area contributed by atoms with Gasteiger partial charge >= 0.3 is 12.1 Å². The maximum atomic E-state index is 12.3. The number of amides is 2. The molecule has 0 aliphatic heterocycles. The minimum atomic E-state index is -0.886. The Hall–Kier alpha value is -3.35. The lowest BCUT2D eigenvalue weighted by molar-refractivity contribution is -0.137. The normalized spacial score (nSPS) is 14.1. The van der Waals surface area contributed by atoms with E-state index in [0.29, 0.717) is 12.8 Å². The van der Waals surface area contributed by atoms with Gasteiger partial charge in [0.1, 0.15) is 6.61 Å². The molecule has 170 valence electrons. The monoisotopic (exact) mass is 438 g/mol. The lowest BCUT2D eigenvalue weighted by Gasteiger charge is -2.19. The summed E-state index contributed by atoms with van der Waals surface area (Å²) in [7, 11) is 0. The van der Waals surface area contributed by atoms with Crippen LogP contribution < -0.4 is 10.6 Å². The van der Waals surface area contributed by atoms with Crippen LogP contribution in [0.5, 0.6) is 0 Å². The van der Waals surface area contributed by atoms with Gasteiger partial charge in [-0.1, -0.05) is 55.5 Å². The summed E-state index contributed by atoms with van der Waals surface area (Å²) in [5, 5.41) is 14.3. The second-order valence-corrected chi connectivity index (χ2v) is 8.18. The molecule has 0 aromatic heterocycles. The molecule has 2 atom stereocenters. The van der Waals surface area contributed by atoms with Crippen molar-refractivity contribution in [2.24, 2.45) is 0 Å². The third-order valence-electron chi connectivity index (χ3n) is 5.76. The van der Waals surface area contributed by atoms with Crippen LogP contribution in [0, 0.1) is 0 Å². The highest BCUT2D eigenvalue weighted by Gasteiger charge is 2.29. The number of carboxylic acid groups (broad SMARTS) is 1. The number of aliphatic carboxylic acids is 1. The highest BCUT2D eigenvalue weighted by molar-refractivity contribution is 5.79. The summed E-state index contributed by atoms with van der Waals surface area (Å²) in [5.74, 6) is -1.14. The van der Waals surface area contributed by atoms with E-state index in [2.05, 4.69) is 34.9 Å². The number of ether oxygens (including phenoxy) is 1. The van der Waals surface area contributed by atoms with Crippen LogP contribution in [-0.2, 0) is 14.3 Å². The molecule has 0 spiro atoms. The zero-order valence-electron chi connectivity index (χ0n) is 18.5. The average molecular weight is 439 g/mol. The number of nitrogens with one attached hydrogen (secondary N) is 2. The molecule has 3 rings (SSSR count). The molecule has 0 bridgehead atoms. The lowest BCUT2D eigenvalue weighted by atomic mass is 9.98. The number of carbonyl (C=O) groups excluding carboxylic acids is 2. The van der Waals surface area contributed by atoms with Gasteiger partial charge in [0, 0.05) is 30.8 Å². The van der Waals surface area contributed by atoms with Crippen LogP contribution in [-0.4, -0.2) is 41.8 Å². The number of alkyl carbamates (subject to hydrolysis) is 1. The van der Waals surface area contributed by atoms with Crippen LogP contribution in [0.4, 0.5) is 4.79 Å². The SMILES string of the molecule is CCC(CCC(=O)O)NC(=O)C[C@H](C)NC(=O)OCC1c2ccccc2-c2ccccc21. The van der Waals surface area contributed by atoms with Crippen molar-refractivity contribution in [1.29, 1.82) is 0 Å². The molecule has 7 heteroatoms. The first-order valence-electron chi connectivity index (χ1n) is 11.0. The van der Waals surface area contributed by atoms with Crippen LogP contribution in [0.3, 0.4) is 0 Å². The van der Waals surface area contributed by atoms with E-state index >= 15 is 0 Å². The van der Waals surface area contributed by atoms with Crippen molar-refractivity contribution >= 4 is 18.0 Å². The lowest BCUT2D eigenvalue weighted by Crippen LogP contribution is -2.41. The van der Waals surface area contributed by atoms with Crippen LogP contribution in [0.1, 0.15) is 56.6 Å². The smallest absolute Gasteiger partial charge is 0.407 e. The molecule has 32 heavy (non-hydrogen) atoms. The number of fused-ring (bicyclic) bond motifs is 3. The van der Waals surface area contributed by atoms with E-state index in [0.717, 1.165) is 22.3 Å². The van der Waals surface area contributed by atoms with E-state index in [4.69, 9.17) is 9.84 Å². The minimum Gasteiger partial charge on any atom is -0.481 e. The maximum absolute atomic E-state index is 12.3. The predicted molar refractivity (Wildman–Crippen MR) is 121 cm³/mol. The maximum Gasteiger partial charge on any atom is 0.407 e. The number of carboxylic acids is 1. The zero-order valence-corrected chi connectivity index (χ0v) is 18.5. The second kappa shape index (κ2) is 10.8. The Labute approximate surface area is 188 Å². The van der Waals surface area contributed by atoms with Crippen LogP contribution in [0.2, 0.25) is 0 Å². The van der Waals surface area contributed by atoms with Crippen molar-refractivity contribution in [3.8, 4) is 11.1 Å². The summed E-state index contributed by atoms with van der Waals surface area (Å²) in [6.45, 7) is 3.84. The number of carbonyl (C=O) groups is 3. The summed E-state index contributed by atoms with van der Waals surface area (Å²) in [6.07, 6.45) is 0.559. The molecule has 2 aromatic rings. The van der Waals surface area contributed by atoms with Gasteiger partial charge in [0.05, 0.1) is 0 Å². The van der Waals surface area contributed by atoms with Gasteiger partial charge in [-0.05, 0) is 42.0 Å². The van der Waals surface area contributed by atoms with E-state index in [1.54, 1.807) is 6.92 Å². The molecule has 0 fully saturated rings.